The molecule has 0 bridgehead atoms. The molecular weight excluding hydrogens is 418 g/mol. The van der Waals surface area contributed by atoms with Crippen molar-refractivity contribution in [3.05, 3.63) is 40.5 Å². The van der Waals surface area contributed by atoms with Crippen LogP contribution in [0.2, 0.25) is 0 Å². The molecule has 0 unspecified atom stereocenters. The third-order valence-electron chi connectivity index (χ3n) is 4.12. The Kier molecular flexibility index (Phi) is 7.01. The van der Waals surface area contributed by atoms with Crippen LogP contribution < -0.4 is 0 Å². The summed E-state index contributed by atoms with van der Waals surface area (Å²) in [6.07, 6.45) is 0. The van der Waals surface area contributed by atoms with Gasteiger partial charge in [0.25, 0.3) is 0 Å². The first-order chi connectivity index (χ1) is 15.9. The van der Waals surface area contributed by atoms with Gasteiger partial charge in [0, 0.05) is 5.56 Å². The summed E-state index contributed by atoms with van der Waals surface area (Å²) in [6.45, 7) is 9.02. The summed E-state index contributed by atoms with van der Waals surface area (Å²) in [6, 6.07) is 10.6. The lowest BCUT2D eigenvalue weighted by Crippen LogP contribution is -2.04. The summed E-state index contributed by atoms with van der Waals surface area (Å²) in [5.74, 6) is 0. The Balaban J connectivity index is 0.00000187. The highest BCUT2D eigenvalue weighted by Gasteiger charge is 2.22. The Morgan fingerprint density at radius 1 is 0.667 bits per heavy atom. The number of benzene rings is 1. The van der Waals surface area contributed by atoms with E-state index in [0.717, 1.165) is 0 Å². The molecule has 2 heterocycles. The smallest absolute Gasteiger partial charge is 0.177 e. The van der Waals surface area contributed by atoms with Crippen LogP contribution in [0, 0.1) is 74.9 Å². The first kappa shape index (κ1) is 23.5. The van der Waals surface area contributed by atoms with E-state index in [1.54, 1.807) is 43.3 Å². The zero-order chi connectivity index (χ0) is 24.7. The second kappa shape index (κ2) is 9.84. The first-order valence-corrected chi connectivity index (χ1v) is 9.18. The third-order valence-corrected chi connectivity index (χ3v) is 4.12. The quantitative estimate of drug-likeness (QED) is 0.330. The number of aromatic nitrogens is 4. The van der Waals surface area contributed by atoms with Crippen molar-refractivity contribution in [2.24, 2.45) is 4.99 Å². The van der Waals surface area contributed by atoms with Crippen molar-refractivity contribution < 1.29 is 0 Å². The van der Waals surface area contributed by atoms with Crippen molar-refractivity contribution in [3.63, 3.8) is 0 Å². The van der Waals surface area contributed by atoms with Crippen molar-refractivity contribution in [2.75, 3.05) is 0 Å². The highest BCUT2D eigenvalue weighted by atomic mass is 14.9. The van der Waals surface area contributed by atoms with E-state index in [9.17, 15) is 26.3 Å². The van der Waals surface area contributed by atoms with Gasteiger partial charge in [-0.25, -0.2) is 24.9 Å². The fourth-order valence-electron chi connectivity index (χ4n) is 2.69. The Hall–Kier alpha value is -5.75. The second-order valence-corrected chi connectivity index (χ2v) is 5.82. The first-order valence-electron chi connectivity index (χ1n) is 9.18. The van der Waals surface area contributed by atoms with Crippen LogP contribution in [0.3, 0.4) is 0 Å². The van der Waals surface area contributed by atoms with Gasteiger partial charge >= 0.3 is 0 Å². The van der Waals surface area contributed by atoms with Gasteiger partial charge in [-0.2, -0.15) is 31.6 Å². The summed E-state index contributed by atoms with van der Waals surface area (Å²) in [4.78, 5) is 20.8. The number of fused-ring (bicyclic) bond motifs is 3. The van der Waals surface area contributed by atoms with Crippen LogP contribution in [0.5, 0.6) is 0 Å². The Morgan fingerprint density at radius 3 is 1.45 bits per heavy atom. The van der Waals surface area contributed by atoms with E-state index >= 15 is 0 Å². The Bertz CT molecular complexity index is 1620. The third kappa shape index (κ3) is 3.98. The fraction of sp³-hybridized carbons (Fsp3) is 0.136. The van der Waals surface area contributed by atoms with E-state index in [0.29, 0.717) is 5.56 Å². The molecule has 0 spiro atoms. The number of nitrogens with zero attached hydrogens (tertiary/aromatic N) is 11. The monoisotopic (exact) mass is 429 g/mol. The molecule has 0 saturated heterocycles. The van der Waals surface area contributed by atoms with Crippen LogP contribution in [-0.4, -0.2) is 25.6 Å². The average Bonchev–Trinajstić information content (AvgIpc) is 2.87. The molecule has 2 aromatic heterocycles. The molecule has 0 aliphatic rings. The predicted molar refractivity (Wildman–Crippen MR) is 115 cm³/mol. The number of allylic oxidation sites excluding steroid dienone is 1. The van der Waals surface area contributed by atoms with Crippen molar-refractivity contribution in [1.82, 2.24) is 19.9 Å². The normalized spacial score (nSPS) is 9.79. The minimum Gasteiger partial charge on any atom is -0.234 e. The molecule has 0 fully saturated rings. The molecular formula is C22H11N11. The van der Waals surface area contributed by atoms with Gasteiger partial charge in [0.2, 0.25) is 0 Å². The second-order valence-electron chi connectivity index (χ2n) is 5.82. The van der Waals surface area contributed by atoms with Gasteiger partial charge in [0.05, 0.1) is 16.8 Å². The van der Waals surface area contributed by atoms with Gasteiger partial charge in [-0.3, -0.25) is 0 Å². The summed E-state index contributed by atoms with van der Waals surface area (Å²) >= 11 is 0. The minimum atomic E-state index is -0.307. The Labute approximate surface area is 188 Å². The number of rotatable bonds is 2. The molecule has 0 saturated carbocycles. The van der Waals surface area contributed by atoms with Crippen LogP contribution in [0.4, 0.5) is 5.69 Å². The zero-order valence-electron chi connectivity index (χ0n) is 17.6. The topological polar surface area (TPSA) is 207 Å². The summed E-state index contributed by atoms with van der Waals surface area (Å²) < 4.78 is 0. The number of aliphatic imine (C=N–C) groups is 1. The van der Waals surface area contributed by atoms with E-state index in [4.69, 9.17) is 5.26 Å². The van der Waals surface area contributed by atoms with Crippen LogP contribution in [0.25, 0.3) is 22.1 Å². The number of nitriles is 6. The number of hydrogen-bond acceptors (Lipinski definition) is 11. The minimum absolute atomic E-state index is 0.00179. The van der Waals surface area contributed by atoms with Gasteiger partial charge in [0.15, 0.2) is 28.5 Å². The van der Waals surface area contributed by atoms with Gasteiger partial charge < -0.3 is 0 Å². The lowest BCUT2D eigenvalue weighted by Gasteiger charge is -2.11. The standard InChI is InChI=1S/C20H5N11.C2H6/c1-9(3-21)11(4-22)27-16-10(2)17-19(29-13(6-24)12(5-23)28-17)20-18(16)30-14(7-25)15(8-26)31-20;1-2/h1H2,2H3;1-2H3. The van der Waals surface area contributed by atoms with Crippen molar-refractivity contribution in [3.8, 4) is 36.4 Å². The molecule has 0 aliphatic carbocycles. The largest absolute Gasteiger partial charge is 0.234 e. The van der Waals surface area contributed by atoms with Crippen molar-refractivity contribution in [2.45, 2.75) is 20.8 Å². The van der Waals surface area contributed by atoms with E-state index in [1.165, 1.54) is 0 Å². The average molecular weight is 429 g/mol. The molecule has 0 N–H and O–H groups in total. The maximum Gasteiger partial charge on any atom is 0.177 e. The summed E-state index contributed by atoms with van der Waals surface area (Å²) in [5.41, 5.74) is -1.07. The van der Waals surface area contributed by atoms with Crippen LogP contribution in [0.1, 0.15) is 42.2 Å². The Morgan fingerprint density at radius 2 is 1.06 bits per heavy atom. The molecule has 0 atom stereocenters. The molecule has 0 amide bonds. The summed E-state index contributed by atoms with van der Waals surface area (Å²) in [5, 5.41) is 55.7. The number of aryl methyl sites for hydroxylation is 1. The van der Waals surface area contributed by atoms with Crippen LogP contribution >= 0.6 is 0 Å². The van der Waals surface area contributed by atoms with Crippen LogP contribution in [-0.2, 0) is 0 Å². The van der Waals surface area contributed by atoms with Gasteiger partial charge in [-0.15, -0.1) is 0 Å². The predicted octanol–water partition coefficient (Wildman–Crippen LogP) is 3.07. The molecule has 11 nitrogen and oxygen atoms in total. The highest BCUT2D eigenvalue weighted by molar-refractivity contribution is 6.17. The van der Waals surface area contributed by atoms with Gasteiger partial charge in [-0.05, 0) is 6.92 Å². The molecule has 0 radical (unpaired) electrons. The molecule has 0 aliphatic heterocycles. The SMILES string of the molecule is C=C(C#N)C(C#N)=Nc1c(C)c2nc(C#N)c(C#N)nc2c2nc(C#N)c(C#N)nc12.CC. The lowest BCUT2D eigenvalue weighted by atomic mass is 10.1. The highest BCUT2D eigenvalue weighted by Crippen LogP contribution is 2.35. The molecule has 3 aromatic rings. The van der Waals surface area contributed by atoms with Gasteiger partial charge in [0.1, 0.15) is 53.0 Å². The molecule has 154 valence electrons. The number of hydrogen-bond donors (Lipinski definition) is 0. The van der Waals surface area contributed by atoms with E-state index in [1.807, 2.05) is 13.8 Å². The molecule has 3 rings (SSSR count). The van der Waals surface area contributed by atoms with E-state index in [2.05, 4.69) is 31.5 Å². The van der Waals surface area contributed by atoms with Crippen molar-refractivity contribution >= 4 is 33.5 Å². The zero-order valence-corrected chi connectivity index (χ0v) is 17.6. The maximum absolute atomic E-state index is 9.37. The van der Waals surface area contributed by atoms with Crippen LogP contribution in [0.15, 0.2) is 17.1 Å². The van der Waals surface area contributed by atoms with Gasteiger partial charge in [-0.1, -0.05) is 20.4 Å². The van der Waals surface area contributed by atoms with Crippen molar-refractivity contribution in [1.29, 1.82) is 31.6 Å². The fourth-order valence-corrected chi connectivity index (χ4v) is 2.69. The molecule has 11 heteroatoms. The molecule has 33 heavy (non-hydrogen) atoms. The van der Waals surface area contributed by atoms with E-state index in [-0.39, 0.29) is 61.8 Å². The maximum atomic E-state index is 9.37. The summed E-state index contributed by atoms with van der Waals surface area (Å²) in [7, 11) is 0. The molecule has 1 aromatic carbocycles. The van der Waals surface area contributed by atoms with E-state index < -0.39 is 0 Å². The lowest BCUT2D eigenvalue weighted by molar-refractivity contribution is 1.16.